The Morgan fingerprint density at radius 2 is 2.07 bits per heavy atom. The monoisotopic (exact) mass is 423 g/mol. The number of hydrogen-bond acceptors (Lipinski definition) is 3. The van der Waals surface area contributed by atoms with Gasteiger partial charge in [0.2, 0.25) is 0 Å². The number of anilines is 1. The number of carbonyl (C=O) groups excluding carboxylic acids is 2. The van der Waals surface area contributed by atoms with E-state index in [1.54, 1.807) is 16.6 Å². The topological polar surface area (TPSA) is 70.5 Å². The number of amides is 3. The van der Waals surface area contributed by atoms with Crippen molar-refractivity contribution in [2.75, 3.05) is 18.9 Å². The smallest absolute Gasteiger partial charge is 0.322 e. The molecule has 0 saturated carbocycles. The molecule has 29 heavy (non-hydrogen) atoms. The number of fused-ring (bicyclic) bond motifs is 3. The van der Waals surface area contributed by atoms with Crippen LogP contribution in [-0.4, -0.2) is 51.2 Å². The SMILES string of the molecule is C[C@@H]1Cc2nn3c(c2CN1C(=O)Nc1ccc(F)c(Cl)c1F)C(=O)N(C)CCC3. The van der Waals surface area contributed by atoms with Crippen LogP contribution < -0.4 is 5.32 Å². The molecule has 2 aliphatic rings. The lowest BCUT2D eigenvalue weighted by atomic mass is 9.99. The van der Waals surface area contributed by atoms with E-state index in [1.165, 1.54) is 4.90 Å². The molecule has 10 heteroatoms. The zero-order chi connectivity index (χ0) is 20.9. The molecule has 0 bridgehead atoms. The fourth-order valence-electron chi connectivity index (χ4n) is 3.82. The van der Waals surface area contributed by atoms with Gasteiger partial charge in [-0.25, -0.2) is 13.6 Å². The standard InChI is InChI=1S/C19H20ClF2N5O2/c1-10-8-14-11(17-18(28)25(2)6-3-7-27(17)24-14)9-26(10)19(29)23-13-5-4-12(21)15(20)16(13)22/h4-5,10H,3,6-9H2,1-2H3,(H,23,29)/t10-/m1/s1. The fraction of sp³-hybridized carbons (Fsp3) is 0.421. The van der Waals surface area contributed by atoms with Crippen LogP contribution in [0.15, 0.2) is 12.1 Å². The van der Waals surface area contributed by atoms with Crippen LogP contribution in [0.2, 0.25) is 5.02 Å². The number of urea groups is 1. The molecule has 1 atom stereocenters. The molecule has 0 aliphatic carbocycles. The molecule has 2 aromatic rings. The predicted molar refractivity (Wildman–Crippen MR) is 103 cm³/mol. The first kappa shape index (κ1) is 19.6. The van der Waals surface area contributed by atoms with Gasteiger partial charge in [0.15, 0.2) is 5.82 Å². The molecular formula is C19H20ClF2N5O2. The van der Waals surface area contributed by atoms with E-state index in [9.17, 15) is 18.4 Å². The number of aryl methyl sites for hydroxylation is 1. The van der Waals surface area contributed by atoms with Crippen molar-refractivity contribution in [2.24, 2.45) is 0 Å². The molecule has 3 amide bonds. The number of aromatic nitrogens is 2. The van der Waals surface area contributed by atoms with E-state index in [1.807, 2.05) is 6.92 Å². The summed E-state index contributed by atoms with van der Waals surface area (Å²) in [5.41, 5.74) is 1.82. The minimum absolute atomic E-state index is 0.123. The molecular weight excluding hydrogens is 404 g/mol. The van der Waals surface area contributed by atoms with Crippen molar-refractivity contribution in [1.29, 1.82) is 0 Å². The number of benzene rings is 1. The van der Waals surface area contributed by atoms with Crippen LogP contribution >= 0.6 is 11.6 Å². The molecule has 0 fully saturated rings. The van der Waals surface area contributed by atoms with Gasteiger partial charge in [-0.2, -0.15) is 5.10 Å². The van der Waals surface area contributed by atoms with Gasteiger partial charge in [0.25, 0.3) is 5.91 Å². The number of carbonyl (C=O) groups is 2. The summed E-state index contributed by atoms with van der Waals surface area (Å²) in [6.45, 7) is 3.31. The first-order valence-electron chi connectivity index (χ1n) is 9.33. The number of nitrogens with one attached hydrogen (secondary N) is 1. The Morgan fingerprint density at radius 1 is 1.31 bits per heavy atom. The van der Waals surface area contributed by atoms with Crippen molar-refractivity contribution in [3.05, 3.63) is 45.7 Å². The quantitative estimate of drug-likeness (QED) is 0.716. The molecule has 0 radical (unpaired) electrons. The maximum atomic E-state index is 14.2. The van der Waals surface area contributed by atoms with E-state index in [4.69, 9.17) is 11.6 Å². The Labute approximate surface area is 171 Å². The molecule has 2 aliphatic heterocycles. The summed E-state index contributed by atoms with van der Waals surface area (Å²) < 4.78 is 29.3. The van der Waals surface area contributed by atoms with Gasteiger partial charge < -0.3 is 15.1 Å². The van der Waals surface area contributed by atoms with E-state index in [0.29, 0.717) is 25.2 Å². The number of hydrogen-bond donors (Lipinski definition) is 1. The molecule has 3 heterocycles. The van der Waals surface area contributed by atoms with Gasteiger partial charge >= 0.3 is 6.03 Å². The molecule has 1 aromatic heterocycles. The highest BCUT2D eigenvalue weighted by Crippen LogP contribution is 2.30. The average Bonchev–Trinajstić information content (AvgIpc) is 2.96. The Hall–Kier alpha value is -2.68. The third-order valence-electron chi connectivity index (χ3n) is 5.43. The van der Waals surface area contributed by atoms with Crippen LogP contribution in [-0.2, 0) is 19.5 Å². The summed E-state index contributed by atoms with van der Waals surface area (Å²) in [4.78, 5) is 28.8. The van der Waals surface area contributed by atoms with E-state index < -0.39 is 22.7 Å². The van der Waals surface area contributed by atoms with E-state index in [-0.39, 0.29) is 24.2 Å². The number of rotatable bonds is 1. The minimum Gasteiger partial charge on any atom is -0.340 e. The van der Waals surface area contributed by atoms with E-state index in [0.717, 1.165) is 29.8 Å². The summed E-state index contributed by atoms with van der Waals surface area (Å²) >= 11 is 5.59. The van der Waals surface area contributed by atoms with Crippen LogP contribution in [0.5, 0.6) is 0 Å². The normalized spacial score (nSPS) is 18.9. The molecule has 4 rings (SSSR count). The highest BCUT2D eigenvalue weighted by atomic mass is 35.5. The largest absolute Gasteiger partial charge is 0.340 e. The molecule has 1 aromatic carbocycles. The number of nitrogens with zero attached hydrogens (tertiary/aromatic N) is 4. The Morgan fingerprint density at radius 3 is 2.83 bits per heavy atom. The highest BCUT2D eigenvalue weighted by molar-refractivity contribution is 6.31. The van der Waals surface area contributed by atoms with Crippen molar-refractivity contribution in [3.63, 3.8) is 0 Å². The van der Waals surface area contributed by atoms with Gasteiger partial charge in [0.05, 0.1) is 17.9 Å². The first-order chi connectivity index (χ1) is 13.8. The maximum absolute atomic E-state index is 14.2. The lowest BCUT2D eigenvalue weighted by Gasteiger charge is -2.33. The zero-order valence-electron chi connectivity index (χ0n) is 16.0. The van der Waals surface area contributed by atoms with Crippen LogP contribution in [0.3, 0.4) is 0 Å². The van der Waals surface area contributed by atoms with Crippen molar-refractivity contribution >= 4 is 29.2 Å². The van der Waals surface area contributed by atoms with Gasteiger partial charge in [0, 0.05) is 38.2 Å². The Bertz CT molecular complexity index is 1010. The second-order valence-corrected chi connectivity index (χ2v) is 7.79. The second-order valence-electron chi connectivity index (χ2n) is 7.41. The molecule has 7 nitrogen and oxygen atoms in total. The van der Waals surface area contributed by atoms with Crippen LogP contribution in [0, 0.1) is 11.6 Å². The minimum atomic E-state index is -1.03. The fourth-order valence-corrected chi connectivity index (χ4v) is 3.98. The van der Waals surface area contributed by atoms with Gasteiger partial charge in [-0.1, -0.05) is 11.6 Å². The van der Waals surface area contributed by atoms with Gasteiger partial charge in [-0.3, -0.25) is 9.48 Å². The van der Waals surface area contributed by atoms with Crippen LogP contribution in [0.25, 0.3) is 0 Å². The van der Waals surface area contributed by atoms with Crippen molar-refractivity contribution in [2.45, 2.75) is 38.9 Å². The molecule has 1 N–H and O–H groups in total. The van der Waals surface area contributed by atoms with Crippen molar-refractivity contribution in [3.8, 4) is 0 Å². The predicted octanol–water partition coefficient (Wildman–Crippen LogP) is 3.27. The summed E-state index contributed by atoms with van der Waals surface area (Å²) in [6.07, 6.45) is 1.28. The summed E-state index contributed by atoms with van der Waals surface area (Å²) in [7, 11) is 1.74. The lowest BCUT2D eigenvalue weighted by molar-refractivity contribution is 0.0793. The summed E-state index contributed by atoms with van der Waals surface area (Å²) in [5.74, 6) is -2.05. The van der Waals surface area contributed by atoms with Crippen molar-refractivity contribution in [1.82, 2.24) is 19.6 Å². The second kappa shape index (κ2) is 7.29. The summed E-state index contributed by atoms with van der Waals surface area (Å²) in [5, 5.41) is 6.37. The van der Waals surface area contributed by atoms with E-state index in [2.05, 4.69) is 10.4 Å². The summed E-state index contributed by atoms with van der Waals surface area (Å²) in [6, 6.07) is 1.34. The Kier molecular flexibility index (Phi) is 4.94. The van der Waals surface area contributed by atoms with Gasteiger partial charge in [-0.05, 0) is 25.5 Å². The van der Waals surface area contributed by atoms with Gasteiger partial charge in [-0.15, -0.1) is 0 Å². The highest BCUT2D eigenvalue weighted by Gasteiger charge is 2.35. The lowest BCUT2D eigenvalue weighted by Crippen LogP contribution is -2.45. The average molecular weight is 424 g/mol. The molecule has 0 unspecified atom stereocenters. The van der Waals surface area contributed by atoms with E-state index >= 15 is 0 Å². The number of halogens is 3. The molecule has 0 saturated heterocycles. The van der Waals surface area contributed by atoms with Crippen LogP contribution in [0.1, 0.15) is 35.1 Å². The molecule has 154 valence electrons. The first-order valence-corrected chi connectivity index (χ1v) is 9.71. The molecule has 0 spiro atoms. The maximum Gasteiger partial charge on any atom is 0.322 e. The zero-order valence-corrected chi connectivity index (χ0v) is 16.8. The third kappa shape index (κ3) is 3.33. The Balaban J connectivity index is 1.62. The third-order valence-corrected chi connectivity index (χ3v) is 5.78. The van der Waals surface area contributed by atoms with Crippen LogP contribution in [0.4, 0.5) is 19.3 Å². The van der Waals surface area contributed by atoms with Gasteiger partial charge in [0.1, 0.15) is 16.5 Å². The van der Waals surface area contributed by atoms with Crippen molar-refractivity contribution < 1.29 is 18.4 Å².